The lowest BCUT2D eigenvalue weighted by Crippen LogP contribution is -2.57. The predicted octanol–water partition coefficient (Wildman–Crippen LogP) is -1.79. The number of unbranched alkanes of at least 4 members (excludes halogenated alkanes) is 2. The summed E-state index contributed by atoms with van der Waals surface area (Å²) in [6.07, 6.45) is 4.24. The summed E-state index contributed by atoms with van der Waals surface area (Å²) >= 11 is 0. The standard InChI is InChI=1S/C24H49N9O5/c1-3-15(2)19(23(37)38)33-22(36)18(11-5-7-13-26)32-21(35)17(10-4-6-12-25)31-20(34)16(27)9-8-14-30-24(28)29/h15-19H,3-14,25-27H2,1-2H3,(H,31,34)(H,32,35)(H,33,36)(H,37,38)(H4,28,29,30). The maximum absolute atomic E-state index is 13.2. The van der Waals surface area contributed by atoms with Crippen molar-refractivity contribution in [3.8, 4) is 0 Å². The number of nitrogens with two attached hydrogens (primary N) is 5. The lowest BCUT2D eigenvalue weighted by atomic mass is 9.98. The van der Waals surface area contributed by atoms with E-state index in [9.17, 15) is 24.3 Å². The highest BCUT2D eigenvalue weighted by Gasteiger charge is 2.31. The van der Waals surface area contributed by atoms with Crippen molar-refractivity contribution >= 4 is 29.7 Å². The molecular weight excluding hydrogens is 494 g/mol. The minimum Gasteiger partial charge on any atom is -0.480 e. The minimum absolute atomic E-state index is 0.0523. The molecule has 0 aliphatic rings. The van der Waals surface area contributed by atoms with Crippen LogP contribution in [-0.2, 0) is 19.2 Å². The molecule has 14 N–H and O–H groups in total. The van der Waals surface area contributed by atoms with Crippen LogP contribution in [0.25, 0.3) is 0 Å². The molecule has 0 aromatic heterocycles. The van der Waals surface area contributed by atoms with E-state index in [0.717, 1.165) is 0 Å². The summed E-state index contributed by atoms with van der Waals surface area (Å²) in [5.74, 6) is -3.20. The Hall–Kier alpha value is -2.97. The lowest BCUT2D eigenvalue weighted by Gasteiger charge is -2.26. The molecule has 0 aromatic rings. The van der Waals surface area contributed by atoms with Crippen molar-refractivity contribution in [1.82, 2.24) is 16.0 Å². The van der Waals surface area contributed by atoms with Gasteiger partial charge in [0.2, 0.25) is 17.7 Å². The summed E-state index contributed by atoms with van der Waals surface area (Å²) in [6.45, 7) is 4.70. The van der Waals surface area contributed by atoms with E-state index >= 15 is 0 Å². The number of rotatable bonds is 21. The largest absolute Gasteiger partial charge is 0.480 e. The van der Waals surface area contributed by atoms with Crippen LogP contribution in [0.1, 0.15) is 71.6 Å². The number of aliphatic carboxylic acids is 1. The van der Waals surface area contributed by atoms with E-state index in [1.54, 1.807) is 6.92 Å². The average Bonchev–Trinajstić information content (AvgIpc) is 2.87. The third-order valence-electron chi connectivity index (χ3n) is 6.24. The number of aliphatic imine (C=N–C) groups is 1. The topological polar surface area (TPSA) is 267 Å². The smallest absolute Gasteiger partial charge is 0.326 e. The predicted molar refractivity (Wildman–Crippen MR) is 147 cm³/mol. The number of guanidine groups is 1. The molecule has 0 bridgehead atoms. The first-order chi connectivity index (χ1) is 18.0. The molecule has 0 aliphatic carbocycles. The van der Waals surface area contributed by atoms with Crippen LogP contribution in [0.15, 0.2) is 4.99 Å². The number of carboxylic acid groups (broad SMARTS) is 1. The highest BCUT2D eigenvalue weighted by atomic mass is 16.4. The van der Waals surface area contributed by atoms with Gasteiger partial charge in [-0.2, -0.15) is 0 Å². The summed E-state index contributed by atoms with van der Waals surface area (Å²) < 4.78 is 0. The second-order valence-electron chi connectivity index (χ2n) is 9.46. The van der Waals surface area contributed by atoms with Gasteiger partial charge in [-0.15, -0.1) is 0 Å². The Labute approximate surface area is 225 Å². The van der Waals surface area contributed by atoms with Crippen molar-refractivity contribution in [2.45, 2.75) is 95.8 Å². The zero-order valence-electron chi connectivity index (χ0n) is 22.8. The van der Waals surface area contributed by atoms with Crippen molar-refractivity contribution in [2.75, 3.05) is 19.6 Å². The van der Waals surface area contributed by atoms with Crippen LogP contribution in [0.2, 0.25) is 0 Å². The summed E-state index contributed by atoms with van der Waals surface area (Å²) in [5.41, 5.74) is 27.7. The molecular formula is C24H49N9O5. The number of carboxylic acids is 1. The molecule has 0 spiro atoms. The highest BCUT2D eigenvalue weighted by Crippen LogP contribution is 2.11. The zero-order chi connectivity index (χ0) is 29.1. The molecule has 0 heterocycles. The monoisotopic (exact) mass is 543 g/mol. The molecule has 0 saturated heterocycles. The molecule has 14 nitrogen and oxygen atoms in total. The van der Waals surface area contributed by atoms with Crippen LogP contribution in [0.5, 0.6) is 0 Å². The molecule has 220 valence electrons. The van der Waals surface area contributed by atoms with Crippen molar-refractivity contribution in [2.24, 2.45) is 39.6 Å². The molecule has 0 fully saturated rings. The second kappa shape index (κ2) is 20.1. The molecule has 38 heavy (non-hydrogen) atoms. The molecule has 0 aromatic carbocycles. The summed E-state index contributed by atoms with van der Waals surface area (Å²) in [4.78, 5) is 54.5. The van der Waals surface area contributed by atoms with Gasteiger partial charge >= 0.3 is 5.97 Å². The van der Waals surface area contributed by atoms with Crippen molar-refractivity contribution in [3.63, 3.8) is 0 Å². The number of hydrogen-bond acceptors (Lipinski definition) is 8. The van der Waals surface area contributed by atoms with Crippen LogP contribution in [0.4, 0.5) is 0 Å². The van der Waals surface area contributed by atoms with E-state index in [1.165, 1.54) is 0 Å². The first-order valence-electron chi connectivity index (χ1n) is 13.3. The number of nitrogens with one attached hydrogen (secondary N) is 3. The van der Waals surface area contributed by atoms with E-state index in [1.807, 2.05) is 6.92 Å². The molecule has 3 amide bonds. The number of carbonyl (C=O) groups excluding carboxylic acids is 3. The molecule has 0 aliphatic heterocycles. The van der Waals surface area contributed by atoms with Crippen LogP contribution >= 0.6 is 0 Å². The molecule has 0 saturated carbocycles. The van der Waals surface area contributed by atoms with Gasteiger partial charge in [-0.1, -0.05) is 20.3 Å². The average molecular weight is 544 g/mol. The van der Waals surface area contributed by atoms with Crippen LogP contribution in [-0.4, -0.2) is 78.6 Å². The normalized spacial score (nSPS) is 14.9. The Balaban J connectivity index is 5.50. The molecule has 14 heteroatoms. The molecule has 5 atom stereocenters. The molecule has 0 radical (unpaired) electrons. The summed E-state index contributed by atoms with van der Waals surface area (Å²) in [6, 6.07) is -3.93. The maximum atomic E-state index is 13.2. The molecule has 5 unspecified atom stereocenters. The second-order valence-corrected chi connectivity index (χ2v) is 9.46. The Morgan fingerprint density at radius 1 is 0.789 bits per heavy atom. The van der Waals surface area contributed by atoms with E-state index in [4.69, 9.17) is 28.7 Å². The van der Waals surface area contributed by atoms with E-state index in [-0.39, 0.29) is 24.7 Å². The van der Waals surface area contributed by atoms with Gasteiger partial charge in [-0.25, -0.2) is 4.79 Å². The van der Waals surface area contributed by atoms with E-state index in [2.05, 4.69) is 20.9 Å². The lowest BCUT2D eigenvalue weighted by molar-refractivity contribution is -0.144. The first-order valence-corrected chi connectivity index (χ1v) is 13.3. The number of carbonyl (C=O) groups is 4. The SMILES string of the molecule is CCC(C)C(NC(=O)C(CCCCN)NC(=O)C(CCCCN)NC(=O)C(N)CCCN=C(N)N)C(=O)O. The van der Waals surface area contributed by atoms with Crippen molar-refractivity contribution < 1.29 is 24.3 Å². The molecule has 0 rings (SSSR count). The van der Waals surface area contributed by atoms with Crippen LogP contribution in [0, 0.1) is 5.92 Å². The van der Waals surface area contributed by atoms with Gasteiger partial charge in [0.05, 0.1) is 6.04 Å². The highest BCUT2D eigenvalue weighted by molar-refractivity contribution is 5.94. The third-order valence-corrected chi connectivity index (χ3v) is 6.24. The Morgan fingerprint density at radius 2 is 1.29 bits per heavy atom. The first kappa shape index (κ1) is 35.0. The van der Waals surface area contributed by atoms with Gasteiger partial charge < -0.3 is 49.7 Å². The fourth-order valence-corrected chi connectivity index (χ4v) is 3.66. The van der Waals surface area contributed by atoms with Gasteiger partial charge in [-0.05, 0) is 70.4 Å². The minimum atomic E-state index is -1.15. The quantitative estimate of drug-likeness (QED) is 0.0445. The summed E-state index contributed by atoms with van der Waals surface area (Å²) in [5, 5.41) is 17.5. The van der Waals surface area contributed by atoms with E-state index < -0.39 is 47.9 Å². The maximum Gasteiger partial charge on any atom is 0.326 e. The number of hydrogen-bond donors (Lipinski definition) is 9. The van der Waals surface area contributed by atoms with Gasteiger partial charge in [0.25, 0.3) is 0 Å². The Morgan fingerprint density at radius 3 is 1.74 bits per heavy atom. The van der Waals surface area contributed by atoms with Gasteiger partial charge in [-0.3, -0.25) is 19.4 Å². The van der Waals surface area contributed by atoms with Gasteiger partial charge in [0.1, 0.15) is 18.1 Å². The van der Waals surface area contributed by atoms with Crippen molar-refractivity contribution in [3.05, 3.63) is 0 Å². The van der Waals surface area contributed by atoms with E-state index in [0.29, 0.717) is 64.6 Å². The van der Waals surface area contributed by atoms with Crippen molar-refractivity contribution in [1.29, 1.82) is 0 Å². The number of amides is 3. The van der Waals surface area contributed by atoms with Crippen LogP contribution in [0.3, 0.4) is 0 Å². The zero-order valence-corrected chi connectivity index (χ0v) is 22.8. The Bertz CT molecular complexity index is 762. The third kappa shape index (κ3) is 14.7. The van der Waals surface area contributed by atoms with Crippen LogP contribution < -0.4 is 44.6 Å². The van der Waals surface area contributed by atoms with Gasteiger partial charge in [0, 0.05) is 6.54 Å². The number of nitrogens with zero attached hydrogens (tertiary/aromatic N) is 1. The Kier molecular flexibility index (Phi) is 18.5. The van der Waals surface area contributed by atoms with Gasteiger partial charge in [0.15, 0.2) is 5.96 Å². The fourth-order valence-electron chi connectivity index (χ4n) is 3.66. The fraction of sp³-hybridized carbons (Fsp3) is 0.792. The summed E-state index contributed by atoms with van der Waals surface area (Å²) in [7, 11) is 0.